The highest BCUT2D eigenvalue weighted by atomic mass is 16.6. The fourth-order valence-corrected chi connectivity index (χ4v) is 12.6. The normalized spacial score (nSPS) is 19.1. The number of carbonyl (C=O) groups is 4. The Labute approximate surface area is 566 Å². The summed E-state index contributed by atoms with van der Waals surface area (Å²) in [5, 5.41) is 134. The lowest BCUT2D eigenvalue weighted by Crippen LogP contribution is -2.44. The van der Waals surface area contributed by atoms with Crippen LogP contribution < -0.4 is 0 Å². The second kappa shape index (κ2) is 36.1. The molecule has 4 rings (SSSR count). The van der Waals surface area contributed by atoms with Gasteiger partial charge in [0.15, 0.2) is 5.70 Å². The Balaban J connectivity index is 2.17. The van der Waals surface area contributed by atoms with Gasteiger partial charge in [0.25, 0.3) is 11.4 Å². The van der Waals surface area contributed by atoms with E-state index in [0.717, 1.165) is 0 Å². The van der Waals surface area contributed by atoms with Crippen LogP contribution in [0.5, 0.6) is 0 Å². The van der Waals surface area contributed by atoms with Crippen molar-refractivity contribution in [2.45, 2.75) is 107 Å². The number of allylic oxidation sites excluding steroid dienone is 11. The molecule has 0 aromatic heterocycles. The van der Waals surface area contributed by atoms with E-state index in [2.05, 4.69) is 32.7 Å². The molecule has 8 N–H and O–H groups in total. The third-order valence-electron chi connectivity index (χ3n) is 16.9. The number of ether oxygens (including phenoxy) is 4. The molecule has 520 valence electrons. The minimum absolute atomic E-state index is 0.0498. The summed E-state index contributed by atoms with van der Waals surface area (Å²) >= 11 is 0. The van der Waals surface area contributed by atoms with Gasteiger partial charge in [-0.15, -0.1) is 0 Å². The van der Waals surface area contributed by atoms with Gasteiger partial charge in [-0.2, -0.15) is 26.3 Å². The Hall–Kier alpha value is -9.40. The van der Waals surface area contributed by atoms with Gasteiger partial charge in [0, 0.05) is 75.1 Å². The van der Waals surface area contributed by atoms with E-state index >= 15 is 0 Å². The molecule has 0 aliphatic heterocycles. The highest BCUT2D eigenvalue weighted by molar-refractivity contribution is 5.96. The molecule has 0 amide bonds. The molecule has 0 spiro atoms. The first-order valence-electron chi connectivity index (χ1n) is 31.5. The number of carbonyl (C=O) groups excluding carboxylic acids is 4. The average molecular weight is 1340 g/mol. The summed E-state index contributed by atoms with van der Waals surface area (Å²) in [6.07, 6.45) is 0.424. The molecule has 4 aliphatic carbocycles. The summed E-state index contributed by atoms with van der Waals surface area (Å²) in [6.45, 7) is 31.0. The van der Waals surface area contributed by atoms with Crippen molar-refractivity contribution in [3.05, 3.63) is 124 Å². The minimum Gasteiger partial charge on any atom is -0.470 e. The van der Waals surface area contributed by atoms with E-state index in [0.29, 0.717) is 5.70 Å². The first-order chi connectivity index (χ1) is 46.0. The van der Waals surface area contributed by atoms with Crippen molar-refractivity contribution in [1.82, 2.24) is 19.6 Å². The van der Waals surface area contributed by atoms with Crippen LogP contribution in [-0.2, 0) is 38.1 Å². The average Bonchev–Trinajstić information content (AvgIpc) is 0.800. The standard InChI is InChI=1S/C69H88N12O16/c1-65(2)28-45(49(36-70)54(32-65)78(12-20-82)13-21-83)52(39-73)61(90)94-41-69(42-95-62(91)53(40-74)46-29-66(3,4)33-55(50(46)37-71)79(14-22-84)15-23-85,43-96-63(92)59(76-10)47-30-67(5,6)34-56(51(47)38-72)80(16-24-86)17-25-87)44-97-64(93)60(77-11)48-31-68(7,8)35-57(58(48)75-9)81(18-26-88)19-27-89/h82-89H,12-35,41-44H2,1-8H3/b52-45+,53-46+,59-47+,60-48-. The predicted molar refractivity (Wildman–Crippen MR) is 345 cm³/mol. The van der Waals surface area contributed by atoms with Crippen LogP contribution in [0.3, 0.4) is 0 Å². The molecule has 28 heteroatoms. The Morgan fingerprint density at radius 2 is 0.649 bits per heavy atom. The monoisotopic (exact) mass is 1340 g/mol. The van der Waals surface area contributed by atoms with Crippen molar-refractivity contribution in [2.24, 2.45) is 27.1 Å². The summed E-state index contributed by atoms with van der Waals surface area (Å²) in [4.78, 5) is 76.7. The molecule has 0 aromatic rings. The highest BCUT2D eigenvalue weighted by Gasteiger charge is 2.45. The number of hydrogen-bond donors (Lipinski definition) is 8. The molecule has 0 unspecified atom stereocenters. The zero-order chi connectivity index (χ0) is 72.6. The largest absolute Gasteiger partial charge is 0.470 e. The van der Waals surface area contributed by atoms with Crippen LogP contribution >= 0.6 is 0 Å². The zero-order valence-electron chi connectivity index (χ0n) is 56.5. The van der Waals surface area contributed by atoms with Crippen molar-refractivity contribution < 1.29 is 79.0 Å². The molecular weight excluding hydrogens is 1250 g/mol. The number of rotatable bonds is 32. The topological polar surface area (TPSA) is 412 Å². The quantitative estimate of drug-likeness (QED) is 0.0155. The SMILES string of the molecule is [C-]#[N+]C1=C(N(CCO)CCO)CC(C)(C)C/C1=C(/[N+]#[C-])C(=O)OCC(COC(=O)/C(C#N)=C1\CC(C)(C)CC(N(CCO)CCO)=C1C#N)(COC(=O)/C(C#N)=C1\CC(C)(C)CC(N(CCO)CCO)=C1C#N)COC(=O)/C([N+]#[C-])=C1/CC(C)(C)CC(N(CCO)CCO)=C1C#N. The molecule has 0 atom stereocenters. The summed E-state index contributed by atoms with van der Waals surface area (Å²) in [7, 11) is 0. The van der Waals surface area contributed by atoms with E-state index in [1.165, 1.54) is 9.80 Å². The number of nitrogens with zero attached hydrogens (tertiary/aromatic N) is 12. The van der Waals surface area contributed by atoms with E-state index in [9.17, 15) is 86.3 Å². The molecule has 0 aromatic carbocycles. The van der Waals surface area contributed by atoms with Crippen LogP contribution in [0.4, 0.5) is 0 Å². The number of aliphatic hydroxyl groups is 8. The van der Waals surface area contributed by atoms with Gasteiger partial charge in [-0.05, 0) is 95.3 Å². The van der Waals surface area contributed by atoms with Gasteiger partial charge in [-0.3, -0.25) is 9.59 Å². The van der Waals surface area contributed by atoms with Gasteiger partial charge in [0.05, 0.1) is 95.4 Å². The number of esters is 4. The fraction of sp³-hybridized carbons (Fsp3) is 0.594. The number of nitriles is 5. The van der Waals surface area contributed by atoms with E-state index < -0.39 is 153 Å². The Morgan fingerprint density at radius 3 is 0.918 bits per heavy atom. The second-order valence-corrected chi connectivity index (χ2v) is 27.1. The molecular formula is C69H88N12O16. The maximum Gasteiger partial charge on any atom is 0.349 e. The van der Waals surface area contributed by atoms with Gasteiger partial charge in [-0.25, -0.2) is 24.1 Å². The third-order valence-corrected chi connectivity index (χ3v) is 16.9. The van der Waals surface area contributed by atoms with Crippen molar-refractivity contribution in [3.8, 4) is 30.3 Å². The third kappa shape index (κ3) is 20.3. The molecule has 4 aliphatic rings. The van der Waals surface area contributed by atoms with E-state index in [1.807, 2.05) is 12.1 Å². The molecule has 0 saturated heterocycles. The molecule has 0 radical (unpaired) electrons. The maximum atomic E-state index is 14.9. The fourth-order valence-electron chi connectivity index (χ4n) is 12.6. The van der Waals surface area contributed by atoms with Crippen molar-refractivity contribution in [1.29, 1.82) is 26.3 Å². The van der Waals surface area contributed by atoms with Gasteiger partial charge < -0.3 is 79.4 Å². The summed E-state index contributed by atoms with van der Waals surface area (Å²) < 4.78 is 24.0. The first-order valence-corrected chi connectivity index (χ1v) is 31.5. The van der Waals surface area contributed by atoms with Crippen LogP contribution in [0.25, 0.3) is 14.5 Å². The van der Waals surface area contributed by atoms with Gasteiger partial charge in [0.1, 0.15) is 67.3 Å². The lowest BCUT2D eigenvalue weighted by atomic mass is 9.72. The van der Waals surface area contributed by atoms with Crippen molar-refractivity contribution in [3.63, 3.8) is 0 Å². The molecule has 0 saturated carbocycles. The molecule has 28 nitrogen and oxygen atoms in total. The summed E-state index contributed by atoms with van der Waals surface area (Å²) in [5.41, 5.74) is -8.50. The van der Waals surface area contributed by atoms with Crippen LogP contribution in [0.15, 0.2) is 90.0 Å². The maximum absolute atomic E-state index is 14.9. The van der Waals surface area contributed by atoms with E-state index in [1.54, 1.807) is 65.2 Å². The molecule has 0 heterocycles. The number of hydrogen-bond acceptors (Lipinski definition) is 25. The lowest BCUT2D eigenvalue weighted by molar-refractivity contribution is -0.165. The van der Waals surface area contributed by atoms with Gasteiger partial charge in [0.2, 0.25) is 0 Å². The van der Waals surface area contributed by atoms with E-state index in [-0.39, 0.29) is 166 Å². The zero-order valence-corrected chi connectivity index (χ0v) is 56.5. The smallest absolute Gasteiger partial charge is 0.349 e. The Morgan fingerprint density at radius 1 is 0.402 bits per heavy atom. The van der Waals surface area contributed by atoms with Crippen LogP contribution in [-0.4, -0.2) is 216 Å². The van der Waals surface area contributed by atoms with Crippen molar-refractivity contribution in [2.75, 3.05) is 132 Å². The number of aliphatic hydroxyl groups excluding tert-OH is 8. The highest BCUT2D eigenvalue weighted by Crippen LogP contribution is 2.49. The van der Waals surface area contributed by atoms with Gasteiger partial charge in [-0.1, -0.05) is 55.4 Å². The van der Waals surface area contributed by atoms with Crippen LogP contribution in [0.2, 0.25) is 0 Å². The summed E-state index contributed by atoms with van der Waals surface area (Å²) in [5.74, 6) is -5.75. The lowest BCUT2D eigenvalue weighted by Gasteiger charge is -2.39. The minimum atomic E-state index is -2.46. The predicted octanol–water partition coefficient (Wildman–Crippen LogP) is 4.02. The van der Waals surface area contributed by atoms with Crippen molar-refractivity contribution >= 4 is 23.9 Å². The van der Waals surface area contributed by atoms with Crippen LogP contribution in [0.1, 0.15) is 107 Å². The molecule has 0 fully saturated rings. The Bertz CT molecular complexity index is 3130. The van der Waals surface area contributed by atoms with E-state index in [4.69, 9.17) is 38.7 Å². The van der Waals surface area contributed by atoms with Gasteiger partial charge >= 0.3 is 23.9 Å². The van der Waals surface area contributed by atoms with Crippen LogP contribution in [0, 0.1) is 103 Å². The second-order valence-electron chi connectivity index (χ2n) is 27.1. The first kappa shape index (κ1) is 80.0. The Kier molecular flexibility index (Phi) is 29.8. The summed E-state index contributed by atoms with van der Waals surface area (Å²) in [6, 6.07) is 9.87. The molecule has 0 bridgehead atoms. The molecule has 97 heavy (non-hydrogen) atoms.